The molecule has 1 aliphatic carbocycles. The number of aromatic hydroxyl groups is 1. The summed E-state index contributed by atoms with van der Waals surface area (Å²) in [6.07, 6.45) is 4.15. The van der Waals surface area contributed by atoms with Crippen LogP contribution in [-0.2, 0) is 10.0 Å². The maximum absolute atomic E-state index is 12.3. The molecule has 1 aromatic carbocycles. The average Bonchev–Trinajstić information content (AvgIpc) is 2.53. The SMILES string of the molecule is CBc1ccc(S(=O)(=O)NC[C@H]2CC[C@H](CN)CC2)c(O)c1. The van der Waals surface area contributed by atoms with Crippen LogP contribution in [0, 0.1) is 11.8 Å². The number of phenols is 1. The summed E-state index contributed by atoms with van der Waals surface area (Å²) in [4.78, 5) is -0.0413. The minimum atomic E-state index is -3.66. The molecule has 0 aromatic heterocycles. The Balaban J connectivity index is 1.97. The van der Waals surface area contributed by atoms with E-state index in [1.54, 1.807) is 6.07 Å². The number of benzene rings is 1. The van der Waals surface area contributed by atoms with Crippen molar-refractivity contribution in [3.63, 3.8) is 0 Å². The van der Waals surface area contributed by atoms with Gasteiger partial charge >= 0.3 is 0 Å². The molecular weight excluding hydrogens is 299 g/mol. The van der Waals surface area contributed by atoms with E-state index in [0.717, 1.165) is 45.0 Å². The van der Waals surface area contributed by atoms with Crippen LogP contribution in [0.3, 0.4) is 0 Å². The minimum Gasteiger partial charge on any atom is -0.507 e. The van der Waals surface area contributed by atoms with Crippen molar-refractivity contribution in [2.24, 2.45) is 17.6 Å². The molecule has 1 aromatic rings. The van der Waals surface area contributed by atoms with Crippen LogP contribution in [0.2, 0.25) is 6.82 Å². The van der Waals surface area contributed by atoms with Crippen molar-refractivity contribution >= 4 is 22.8 Å². The zero-order chi connectivity index (χ0) is 16.2. The van der Waals surface area contributed by atoms with Crippen LogP contribution < -0.4 is 15.9 Å². The van der Waals surface area contributed by atoms with Crippen molar-refractivity contribution in [2.45, 2.75) is 37.4 Å². The average molecular weight is 324 g/mol. The molecule has 0 bridgehead atoms. The predicted molar refractivity (Wildman–Crippen MR) is 90.4 cm³/mol. The van der Waals surface area contributed by atoms with Gasteiger partial charge in [0.05, 0.1) is 0 Å². The third-order valence-corrected chi connectivity index (χ3v) is 6.05. The summed E-state index contributed by atoms with van der Waals surface area (Å²) in [6.45, 7) is 3.10. The van der Waals surface area contributed by atoms with Gasteiger partial charge in [-0.2, -0.15) is 0 Å². The van der Waals surface area contributed by atoms with E-state index in [9.17, 15) is 13.5 Å². The van der Waals surface area contributed by atoms with Crippen LogP contribution in [-0.4, -0.2) is 33.9 Å². The third kappa shape index (κ3) is 4.24. The van der Waals surface area contributed by atoms with Crippen molar-refractivity contribution < 1.29 is 13.5 Å². The smallest absolute Gasteiger partial charge is 0.244 e. The highest BCUT2D eigenvalue weighted by Crippen LogP contribution is 2.28. The molecule has 1 fully saturated rings. The molecule has 1 saturated carbocycles. The lowest BCUT2D eigenvalue weighted by molar-refractivity contribution is 0.280. The van der Waals surface area contributed by atoms with Gasteiger partial charge in [-0.1, -0.05) is 18.4 Å². The van der Waals surface area contributed by atoms with Gasteiger partial charge in [-0.15, -0.1) is 0 Å². The summed E-state index contributed by atoms with van der Waals surface area (Å²) in [6, 6.07) is 4.73. The van der Waals surface area contributed by atoms with Gasteiger partial charge in [0, 0.05) is 6.54 Å². The molecule has 22 heavy (non-hydrogen) atoms. The van der Waals surface area contributed by atoms with Crippen LogP contribution in [0.15, 0.2) is 23.1 Å². The van der Waals surface area contributed by atoms with Crippen LogP contribution >= 0.6 is 0 Å². The van der Waals surface area contributed by atoms with E-state index in [4.69, 9.17) is 5.73 Å². The fourth-order valence-electron chi connectivity index (χ4n) is 2.99. The molecule has 0 aliphatic heterocycles. The van der Waals surface area contributed by atoms with Gasteiger partial charge in [0.25, 0.3) is 0 Å². The van der Waals surface area contributed by atoms with Crippen molar-refractivity contribution in [3.05, 3.63) is 18.2 Å². The molecule has 0 spiro atoms. The second kappa shape index (κ2) is 7.48. The Kier molecular flexibility index (Phi) is 5.89. The molecular formula is C15H25BN2O3S. The van der Waals surface area contributed by atoms with Gasteiger partial charge in [-0.25, -0.2) is 13.1 Å². The summed E-state index contributed by atoms with van der Waals surface area (Å²) in [5.41, 5.74) is 6.58. The van der Waals surface area contributed by atoms with E-state index >= 15 is 0 Å². The Morgan fingerprint density at radius 2 is 1.91 bits per heavy atom. The Morgan fingerprint density at radius 3 is 2.45 bits per heavy atom. The maximum Gasteiger partial charge on any atom is 0.244 e. The van der Waals surface area contributed by atoms with Crippen molar-refractivity contribution in [2.75, 3.05) is 13.1 Å². The molecule has 1 aliphatic rings. The summed E-state index contributed by atoms with van der Waals surface area (Å²) in [5.74, 6) is 0.756. The van der Waals surface area contributed by atoms with E-state index in [2.05, 4.69) is 4.72 Å². The molecule has 122 valence electrons. The molecule has 0 unspecified atom stereocenters. The van der Waals surface area contributed by atoms with Crippen LogP contribution in [0.1, 0.15) is 25.7 Å². The van der Waals surface area contributed by atoms with Crippen molar-refractivity contribution in [3.8, 4) is 5.75 Å². The van der Waals surface area contributed by atoms with Crippen LogP contribution in [0.4, 0.5) is 0 Å². The lowest BCUT2D eigenvalue weighted by Crippen LogP contribution is -2.32. The number of nitrogens with one attached hydrogen (secondary N) is 1. The zero-order valence-electron chi connectivity index (χ0n) is 13.1. The topological polar surface area (TPSA) is 92.4 Å². The van der Waals surface area contributed by atoms with Crippen LogP contribution in [0.5, 0.6) is 5.75 Å². The van der Waals surface area contributed by atoms with Gasteiger partial charge in [-0.3, -0.25) is 0 Å². The number of rotatable bonds is 6. The first-order valence-electron chi connectivity index (χ1n) is 7.98. The standard InChI is InChI=1S/C15H25BN2O3S/c1-16-13-6-7-15(14(19)8-13)22(20,21)18-10-12-4-2-11(9-17)3-5-12/h6-8,11-12,16,18-19H,2-5,9-10,17H2,1H3/t11-,12-. The molecule has 2 rings (SSSR count). The third-order valence-electron chi connectivity index (χ3n) is 4.58. The normalized spacial score (nSPS) is 22.5. The summed E-state index contributed by atoms with van der Waals surface area (Å²) < 4.78 is 27.3. The lowest BCUT2D eigenvalue weighted by Gasteiger charge is -2.27. The number of nitrogens with two attached hydrogens (primary N) is 1. The van der Waals surface area contributed by atoms with E-state index in [-0.39, 0.29) is 10.6 Å². The molecule has 0 amide bonds. The quantitative estimate of drug-likeness (QED) is 0.666. The van der Waals surface area contributed by atoms with Crippen LogP contribution in [0.25, 0.3) is 0 Å². The predicted octanol–water partition coefficient (Wildman–Crippen LogP) is 0.545. The minimum absolute atomic E-state index is 0.0413. The molecule has 0 atom stereocenters. The number of hydrogen-bond donors (Lipinski definition) is 3. The monoisotopic (exact) mass is 324 g/mol. The highest BCUT2D eigenvalue weighted by Gasteiger charge is 2.24. The zero-order valence-corrected chi connectivity index (χ0v) is 13.9. The fraction of sp³-hybridized carbons (Fsp3) is 0.600. The van der Waals surface area contributed by atoms with E-state index in [1.807, 2.05) is 6.82 Å². The first kappa shape index (κ1) is 17.3. The first-order valence-corrected chi connectivity index (χ1v) is 9.46. The molecule has 0 radical (unpaired) electrons. The second-order valence-corrected chi connectivity index (χ2v) is 7.87. The van der Waals surface area contributed by atoms with Crippen molar-refractivity contribution in [1.82, 2.24) is 4.72 Å². The second-order valence-electron chi connectivity index (χ2n) is 6.13. The van der Waals surface area contributed by atoms with Crippen molar-refractivity contribution in [1.29, 1.82) is 0 Å². The van der Waals surface area contributed by atoms with E-state index < -0.39 is 10.0 Å². The van der Waals surface area contributed by atoms with Gasteiger partial charge < -0.3 is 10.8 Å². The van der Waals surface area contributed by atoms with Gasteiger partial charge in [0.15, 0.2) is 7.28 Å². The summed E-state index contributed by atoms with van der Waals surface area (Å²) in [5, 5.41) is 9.93. The number of phenolic OH excluding ortho intramolecular Hbond substituents is 1. The Morgan fingerprint density at radius 1 is 1.27 bits per heavy atom. The fourth-order valence-corrected chi connectivity index (χ4v) is 4.18. The van der Waals surface area contributed by atoms with E-state index in [1.165, 1.54) is 12.1 Å². The van der Waals surface area contributed by atoms with Gasteiger partial charge in [0.1, 0.15) is 10.6 Å². The molecule has 0 heterocycles. The Labute approximate surface area is 133 Å². The molecule has 0 saturated heterocycles. The summed E-state index contributed by atoms with van der Waals surface area (Å²) >= 11 is 0. The Bertz CT molecular complexity index is 599. The molecule has 5 nitrogen and oxygen atoms in total. The maximum atomic E-state index is 12.3. The largest absolute Gasteiger partial charge is 0.507 e. The first-order chi connectivity index (χ1) is 10.5. The Hall–Kier alpha value is -1.05. The highest BCUT2D eigenvalue weighted by molar-refractivity contribution is 7.89. The van der Waals surface area contributed by atoms with E-state index in [0.29, 0.717) is 18.4 Å². The molecule has 7 heteroatoms. The molecule has 4 N–H and O–H groups in total. The van der Waals surface area contributed by atoms with Gasteiger partial charge in [-0.05, 0) is 56.2 Å². The summed E-state index contributed by atoms with van der Waals surface area (Å²) in [7, 11) is -2.90. The number of sulfonamides is 1. The lowest BCUT2D eigenvalue weighted by atomic mass is 9.73. The number of hydrogen-bond acceptors (Lipinski definition) is 4. The van der Waals surface area contributed by atoms with Gasteiger partial charge in [0.2, 0.25) is 10.0 Å². The highest BCUT2D eigenvalue weighted by atomic mass is 32.2.